The van der Waals surface area contributed by atoms with Gasteiger partial charge in [0.15, 0.2) is 5.16 Å². The Morgan fingerprint density at radius 3 is 2.71 bits per heavy atom. The third-order valence-electron chi connectivity index (χ3n) is 3.00. The summed E-state index contributed by atoms with van der Waals surface area (Å²) in [6, 6.07) is 8.31. The normalized spacial score (nSPS) is 11.5. The zero-order chi connectivity index (χ0) is 12.0. The van der Waals surface area contributed by atoms with Gasteiger partial charge < -0.3 is 4.57 Å². The highest BCUT2D eigenvalue weighted by atomic mass is 32.2. The quantitative estimate of drug-likeness (QED) is 0.615. The molecule has 3 nitrogen and oxygen atoms in total. The Balaban J connectivity index is 2.47. The SMILES string of the molecule is CSc1nc2c3ccc(C)nc3ccc2n1C. The van der Waals surface area contributed by atoms with Crippen LogP contribution in [0, 0.1) is 6.92 Å². The van der Waals surface area contributed by atoms with Gasteiger partial charge in [-0.1, -0.05) is 11.8 Å². The highest BCUT2D eigenvalue weighted by Gasteiger charge is 2.10. The van der Waals surface area contributed by atoms with Gasteiger partial charge in [-0.2, -0.15) is 0 Å². The minimum absolute atomic E-state index is 1.02. The molecule has 0 radical (unpaired) electrons. The second kappa shape index (κ2) is 3.74. The van der Waals surface area contributed by atoms with E-state index in [-0.39, 0.29) is 0 Å². The summed E-state index contributed by atoms with van der Waals surface area (Å²) in [7, 11) is 2.05. The molecule has 17 heavy (non-hydrogen) atoms. The Morgan fingerprint density at radius 1 is 1.12 bits per heavy atom. The molecule has 1 aromatic carbocycles. The van der Waals surface area contributed by atoms with Crippen LogP contribution in [0.5, 0.6) is 0 Å². The molecule has 3 rings (SSSR count). The molecule has 4 heteroatoms. The largest absolute Gasteiger partial charge is 0.322 e. The van der Waals surface area contributed by atoms with Crippen molar-refractivity contribution in [2.75, 3.05) is 6.26 Å². The zero-order valence-electron chi connectivity index (χ0n) is 10.1. The number of hydrogen-bond acceptors (Lipinski definition) is 3. The van der Waals surface area contributed by atoms with Gasteiger partial charge in [0, 0.05) is 18.1 Å². The van der Waals surface area contributed by atoms with Crippen molar-refractivity contribution in [1.29, 1.82) is 0 Å². The van der Waals surface area contributed by atoms with Gasteiger partial charge in [0.05, 0.1) is 16.6 Å². The Kier molecular flexibility index (Phi) is 2.33. The number of hydrogen-bond donors (Lipinski definition) is 0. The van der Waals surface area contributed by atoms with Crippen LogP contribution in [0.1, 0.15) is 5.69 Å². The highest BCUT2D eigenvalue weighted by molar-refractivity contribution is 7.98. The monoisotopic (exact) mass is 243 g/mol. The summed E-state index contributed by atoms with van der Waals surface area (Å²) < 4.78 is 2.12. The van der Waals surface area contributed by atoms with E-state index in [4.69, 9.17) is 0 Å². The van der Waals surface area contributed by atoms with Gasteiger partial charge in [0.1, 0.15) is 0 Å². The Bertz CT molecular complexity index is 715. The third-order valence-corrected chi connectivity index (χ3v) is 3.73. The summed E-state index contributed by atoms with van der Waals surface area (Å²) in [6.07, 6.45) is 2.05. The highest BCUT2D eigenvalue weighted by Crippen LogP contribution is 2.27. The van der Waals surface area contributed by atoms with Gasteiger partial charge in [-0.05, 0) is 37.4 Å². The first kappa shape index (κ1) is 10.6. The van der Waals surface area contributed by atoms with Crippen molar-refractivity contribution in [3.05, 3.63) is 30.0 Å². The Labute approximate surface area is 104 Å². The molecule has 0 fully saturated rings. The fourth-order valence-corrected chi connectivity index (χ4v) is 2.68. The van der Waals surface area contributed by atoms with Gasteiger partial charge in [0.2, 0.25) is 0 Å². The molecule has 0 unspecified atom stereocenters. The maximum atomic E-state index is 4.67. The number of pyridine rings is 1. The van der Waals surface area contributed by atoms with Crippen molar-refractivity contribution < 1.29 is 0 Å². The van der Waals surface area contributed by atoms with E-state index in [9.17, 15) is 0 Å². The summed E-state index contributed by atoms with van der Waals surface area (Å²) in [4.78, 5) is 9.21. The summed E-state index contributed by atoms with van der Waals surface area (Å²) in [5.41, 5.74) is 4.26. The molecule has 2 heterocycles. The number of aryl methyl sites for hydroxylation is 2. The number of aromatic nitrogens is 3. The second-order valence-electron chi connectivity index (χ2n) is 4.11. The topological polar surface area (TPSA) is 30.7 Å². The summed E-state index contributed by atoms with van der Waals surface area (Å²) in [6.45, 7) is 2.01. The predicted molar refractivity (Wildman–Crippen MR) is 72.5 cm³/mol. The average molecular weight is 243 g/mol. The standard InChI is InChI=1S/C13H13N3S/c1-8-4-5-9-10(14-8)6-7-11-12(9)15-13(17-3)16(11)2/h4-7H,1-3H3. The van der Waals surface area contributed by atoms with Crippen LogP contribution in [-0.2, 0) is 7.05 Å². The molecule has 0 N–H and O–H groups in total. The maximum Gasteiger partial charge on any atom is 0.168 e. The van der Waals surface area contributed by atoms with Crippen LogP contribution >= 0.6 is 11.8 Å². The molecule has 0 saturated heterocycles. The molecule has 0 aliphatic rings. The first-order chi connectivity index (χ1) is 8.20. The molecule has 0 amide bonds. The molecule has 0 aliphatic heterocycles. The van der Waals surface area contributed by atoms with Crippen LogP contribution in [0.3, 0.4) is 0 Å². The predicted octanol–water partition coefficient (Wildman–Crippen LogP) is 3.15. The van der Waals surface area contributed by atoms with Crippen LogP contribution < -0.4 is 0 Å². The molecule has 0 bridgehead atoms. The van der Waals surface area contributed by atoms with E-state index in [1.807, 2.05) is 19.2 Å². The number of imidazole rings is 1. The number of rotatable bonds is 1. The molecular formula is C13H13N3S. The Morgan fingerprint density at radius 2 is 1.94 bits per heavy atom. The fourth-order valence-electron chi connectivity index (χ4n) is 2.12. The Hall–Kier alpha value is -1.55. The smallest absolute Gasteiger partial charge is 0.168 e. The van der Waals surface area contributed by atoms with Crippen molar-refractivity contribution in [2.24, 2.45) is 7.05 Å². The minimum Gasteiger partial charge on any atom is -0.322 e. The molecular weight excluding hydrogens is 230 g/mol. The van der Waals surface area contributed by atoms with Crippen molar-refractivity contribution in [3.63, 3.8) is 0 Å². The molecule has 0 aliphatic carbocycles. The van der Waals surface area contributed by atoms with Crippen LogP contribution in [0.2, 0.25) is 0 Å². The van der Waals surface area contributed by atoms with E-state index in [0.29, 0.717) is 0 Å². The lowest BCUT2D eigenvalue weighted by Crippen LogP contribution is -1.89. The van der Waals surface area contributed by atoms with E-state index in [1.54, 1.807) is 11.8 Å². The van der Waals surface area contributed by atoms with E-state index >= 15 is 0 Å². The number of thioether (sulfide) groups is 1. The second-order valence-corrected chi connectivity index (χ2v) is 4.88. The van der Waals surface area contributed by atoms with Crippen LogP contribution in [-0.4, -0.2) is 20.8 Å². The van der Waals surface area contributed by atoms with Crippen molar-refractivity contribution >= 4 is 33.7 Å². The zero-order valence-corrected chi connectivity index (χ0v) is 10.9. The lowest BCUT2D eigenvalue weighted by atomic mass is 10.1. The van der Waals surface area contributed by atoms with Gasteiger partial charge >= 0.3 is 0 Å². The first-order valence-electron chi connectivity index (χ1n) is 5.47. The maximum absolute atomic E-state index is 4.67. The van der Waals surface area contributed by atoms with E-state index in [0.717, 1.165) is 32.8 Å². The van der Waals surface area contributed by atoms with E-state index in [1.165, 1.54) is 0 Å². The van der Waals surface area contributed by atoms with Gasteiger partial charge in [-0.15, -0.1) is 0 Å². The van der Waals surface area contributed by atoms with E-state index < -0.39 is 0 Å². The summed E-state index contributed by atoms with van der Waals surface area (Å²) in [5.74, 6) is 0. The van der Waals surface area contributed by atoms with Gasteiger partial charge in [0.25, 0.3) is 0 Å². The van der Waals surface area contributed by atoms with Crippen LogP contribution in [0.15, 0.2) is 29.4 Å². The molecule has 0 spiro atoms. The van der Waals surface area contributed by atoms with Crippen molar-refractivity contribution in [1.82, 2.24) is 14.5 Å². The first-order valence-corrected chi connectivity index (χ1v) is 6.70. The molecule has 3 aromatic rings. The molecule has 2 aromatic heterocycles. The van der Waals surface area contributed by atoms with Crippen molar-refractivity contribution in [2.45, 2.75) is 12.1 Å². The number of nitrogens with zero attached hydrogens (tertiary/aromatic N) is 3. The fraction of sp³-hybridized carbons (Fsp3) is 0.231. The molecule has 0 atom stereocenters. The molecule has 86 valence electrons. The minimum atomic E-state index is 1.02. The van der Waals surface area contributed by atoms with Crippen LogP contribution in [0.25, 0.3) is 21.9 Å². The number of fused-ring (bicyclic) bond motifs is 3. The van der Waals surface area contributed by atoms with Crippen LogP contribution in [0.4, 0.5) is 0 Å². The molecule has 0 saturated carbocycles. The van der Waals surface area contributed by atoms with Crippen molar-refractivity contribution in [3.8, 4) is 0 Å². The van der Waals surface area contributed by atoms with Gasteiger partial charge in [-0.3, -0.25) is 4.98 Å². The summed E-state index contributed by atoms with van der Waals surface area (Å²) in [5, 5.41) is 2.16. The lowest BCUT2D eigenvalue weighted by Gasteiger charge is -2.00. The lowest BCUT2D eigenvalue weighted by molar-refractivity contribution is 0.817. The third kappa shape index (κ3) is 1.52. The average Bonchev–Trinajstić information content (AvgIpc) is 2.66. The summed E-state index contributed by atoms with van der Waals surface area (Å²) >= 11 is 1.66. The van der Waals surface area contributed by atoms with Gasteiger partial charge in [-0.25, -0.2) is 4.98 Å². The van der Waals surface area contributed by atoms with E-state index in [2.05, 4.69) is 39.8 Å². The number of benzene rings is 1.